The molecule has 1 aliphatic rings. The molecule has 0 bridgehead atoms. The zero-order valence-corrected chi connectivity index (χ0v) is 32.3. The highest BCUT2D eigenvalue weighted by Gasteiger charge is 2.22. The Bertz CT molecular complexity index is 3060. The van der Waals surface area contributed by atoms with Gasteiger partial charge in [0.25, 0.3) is 0 Å². The highest BCUT2D eigenvalue weighted by Crippen LogP contribution is 2.38. The van der Waals surface area contributed by atoms with Gasteiger partial charge >= 0.3 is 0 Å². The van der Waals surface area contributed by atoms with Crippen molar-refractivity contribution in [1.29, 1.82) is 0 Å². The van der Waals surface area contributed by atoms with Gasteiger partial charge in [0.1, 0.15) is 0 Å². The van der Waals surface area contributed by atoms with E-state index in [2.05, 4.69) is 166 Å². The van der Waals surface area contributed by atoms with E-state index in [1.54, 1.807) is 12.4 Å². The number of nitrogens with zero attached hydrogens (tertiary/aromatic N) is 6. The number of fused-ring (bicyclic) bond motifs is 4. The second kappa shape index (κ2) is 14.9. The predicted molar refractivity (Wildman–Crippen MR) is 244 cm³/mol. The minimum Gasteiger partial charge on any atom is -0.264 e. The summed E-state index contributed by atoms with van der Waals surface area (Å²) in [4.78, 5) is 29.0. The van der Waals surface area contributed by atoms with Crippen LogP contribution in [0.1, 0.15) is 22.3 Å². The van der Waals surface area contributed by atoms with Gasteiger partial charge in [0, 0.05) is 105 Å². The summed E-state index contributed by atoms with van der Waals surface area (Å²) in [7, 11) is 0. The van der Waals surface area contributed by atoms with Crippen LogP contribution < -0.4 is 0 Å². The van der Waals surface area contributed by atoms with Crippen molar-refractivity contribution in [2.24, 2.45) is 9.98 Å². The Morgan fingerprint density at radius 2 is 0.600 bits per heavy atom. The van der Waals surface area contributed by atoms with Gasteiger partial charge in [-0.05, 0) is 81.2 Å². The monoisotopic (exact) mass is 766 g/mol. The third kappa shape index (κ3) is 6.62. The lowest BCUT2D eigenvalue weighted by molar-refractivity contribution is 1.30. The van der Waals surface area contributed by atoms with Crippen molar-refractivity contribution in [1.82, 2.24) is 19.9 Å². The van der Waals surface area contributed by atoms with E-state index in [9.17, 15) is 0 Å². The first-order valence-corrected chi connectivity index (χ1v) is 19.9. The van der Waals surface area contributed by atoms with E-state index in [0.29, 0.717) is 0 Å². The molecule has 0 atom stereocenters. The third-order valence-corrected chi connectivity index (χ3v) is 11.2. The van der Waals surface area contributed by atoms with Crippen LogP contribution in [0.3, 0.4) is 0 Å². The first-order valence-electron chi connectivity index (χ1n) is 19.9. The van der Waals surface area contributed by atoms with Crippen LogP contribution >= 0.6 is 0 Å². The Morgan fingerprint density at radius 1 is 0.250 bits per heavy atom. The second-order valence-electron chi connectivity index (χ2n) is 14.9. The molecule has 0 amide bonds. The van der Waals surface area contributed by atoms with Crippen LogP contribution in [0.2, 0.25) is 0 Å². The van der Waals surface area contributed by atoms with Crippen molar-refractivity contribution in [2.75, 3.05) is 0 Å². The largest absolute Gasteiger partial charge is 0.264 e. The van der Waals surface area contributed by atoms with Crippen LogP contribution in [0.5, 0.6) is 0 Å². The molecular weight excluding hydrogens is 733 g/mol. The Balaban J connectivity index is 1.05. The summed E-state index contributed by atoms with van der Waals surface area (Å²) in [5, 5.41) is 4.49. The molecule has 5 heterocycles. The minimum absolute atomic E-state index is 0.858. The average Bonchev–Trinajstić information content (AvgIpc) is 3.32. The van der Waals surface area contributed by atoms with Gasteiger partial charge in [-0.2, -0.15) is 0 Å². The number of hydrogen-bond acceptors (Lipinski definition) is 6. The van der Waals surface area contributed by atoms with Crippen molar-refractivity contribution in [2.45, 2.75) is 0 Å². The molecule has 1 aliphatic heterocycles. The molecule has 10 aromatic rings. The Labute approximate surface area is 347 Å². The minimum atomic E-state index is 0.858. The highest BCUT2D eigenvalue weighted by atomic mass is 14.8. The maximum Gasteiger partial charge on any atom is 0.0803 e. The predicted octanol–water partition coefficient (Wildman–Crippen LogP) is 12.9. The molecule has 6 aromatic carbocycles. The lowest BCUT2D eigenvalue weighted by atomic mass is 9.92. The van der Waals surface area contributed by atoms with Crippen LogP contribution in [-0.4, -0.2) is 31.4 Å². The molecule has 11 rings (SSSR count). The maximum absolute atomic E-state index is 5.61. The Kier molecular flexibility index (Phi) is 8.71. The maximum atomic E-state index is 5.61. The summed E-state index contributed by atoms with van der Waals surface area (Å²) in [6.07, 6.45) is 14.9. The van der Waals surface area contributed by atoms with Crippen LogP contribution in [0.25, 0.3) is 66.1 Å². The number of aliphatic imine (C=N–C) groups is 2. The van der Waals surface area contributed by atoms with E-state index in [1.807, 2.05) is 49.3 Å². The summed E-state index contributed by atoms with van der Waals surface area (Å²) in [5.41, 5.74) is 15.7. The van der Waals surface area contributed by atoms with Crippen molar-refractivity contribution in [3.8, 4) is 44.5 Å². The van der Waals surface area contributed by atoms with Gasteiger partial charge in [-0.3, -0.25) is 19.9 Å². The topological polar surface area (TPSA) is 76.3 Å². The molecule has 6 nitrogen and oxygen atoms in total. The summed E-state index contributed by atoms with van der Waals surface area (Å²) >= 11 is 0. The standard InChI is InChI=1S/C54H34N6/c1-3-9-41-27-51-49(25-39(41)7-1)53(37-17-13-35(14-18-37)45-23-47(33-57-31-45)43-11-5-21-55-29-43)60-52-28-42-10-4-2-8-40(42)26-50(52)54(59-51)38-19-15-36(16-20-38)46-24-48(34-58-32-46)44-12-6-22-56-30-44/h1-34H. The molecule has 0 spiro atoms. The van der Waals surface area contributed by atoms with Crippen molar-refractivity contribution in [3.05, 3.63) is 230 Å². The van der Waals surface area contributed by atoms with Crippen LogP contribution in [0.4, 0.5) is 11.4 Å². The highest BCUT2D eigenvalue weighted by molar-refractivity contribution is 6.24. The summed E-state index contributed by atoms with van der Waals surface area (Å²) in [6.45, 7) is 0. The van der Waals surface area contributed by atoms with Gasteiger partial charge in [-0.15, -0.1) is 0 Å². The number of aromatic nitrogens is 4. The fraction of sp³-hybridized carbons (Fsp3) is 0. The fourth-order valence-electron chi connectivity index (χ4n) is 8.04. The van der Waals surface area contributed by atoms with Gasteiger partial charge in [0.05, 0.1) is 22.8 Å². The van der Waals surface area contributed by atoms with Gasteiger partial charge in [-0.25, -0.2) is 9.98 Å². The molecule has 6 heteroatoms. The Hall–Kier alpha value is -8.22. The average molecular weight is 767 g/mol. The molecule has 0 N–H and O–H groups in total. The zero-order chi connectivity index (χ0) is 39.8. The van der Waals surface area contributed by atoms with Gasteiger partial charge in [-0.1, -0.05) is 109 Å². The van der Waals surface area contributed by atoms with E-state index in [-0.39, 0.29) is 0 Å². The molecule has 0 aliphatic carbocycles. The summed E-state index contributed by atoms with van der Waals surface area (Å²) < 4.78 is 0. The first-order chi connectivity index (χ1) is 29.7. The summed E-state index contributed by atoms with van der Waals surface area (Å²) in [6, 6.07) is 55.3. The SMILES string of the molecule is c1cncc(-c2cncc(-c3ccc(C4=Nc5cc6ccccc6cc5C(c5ccc(-c6cncc(-c7cccnc7)c6)cc5)=Nc5cc6ccccc6cc54)cc3)c2)c1. The van der Waals surface area contributed by atoms with Gasteiger partial charge < -0.3 is 0 Å². The van der Waals surface area contributed by atoms with E-state index in [1.165, 1.54) is 0 Å². The number of rotatable bonds is 6. The second-order valence-corrected chi connectivity index (χ2v) is 14.9. The normalized spacial score (nSPS) is 12.2. The van der Waals surface area contributed by atoms with Crippen molar-refractivity contribution < 1.29 is 0 Å². The molecule has 4 aromatic heterocycles. The number of hydrogen-bond donors (Lipinski definition) is 0. The van der Waals surface area contributed by atoms with Crippen LogP contribution in [0, 0.1) is 0 Å². The van der Waals surface area contributed by atoms with E-state index >= 15 is 0 Å². The van der Waals surface area contributed by atoms with Crippen molar-refractivity contribution in [3.63, 3.8) is 0 Å². The van der Waals surface area contributed by atoms with Crippen LogP contribution in [0.15, 0.2) is 217 Å². The number of benzene rings is 6. The molecule has 60 heavy (non-hydrogen) atoms. The molecule has 280 valence electrons. The Morgan fingerprint density at radius 3 is 0.983 bits per heavy atom. The van der Waals surface area contributed by atoms with Crippen molar-refractivity contribution >= 4 is 44.3 Å². The van der Waals surface area contributed by atoms with E-state index in [0.717, 1.165) is 111 Å². The lowest BCUT2D eigenvalue weighted by Crippen LogP contribution is -2.10. The first kappa shape index (κ1) is 35.0. The summed E-state index contributed by atoms with van der Waals surface area (Å²) in [5.74, 6) is 0. The molecule has 0 saturated heterocycles. The molecular formula is C54H34N6. The molecule has 0 radical (unpaired) electrons. The smallest absolute Gasteiger partial charge is 0.0803 e. The molecule has 0 fully saturated rings. The quantitative estimate of drug-likeness (QED) is 0.169. The van der Waals surface area contributed by atoms with E-state index in [4.69, 9.17) is 9.98 Å². The third-order valence-electron chi connectivity index (χ3n) is 11.2. The molecule has 0 saturated carbocycles. The van der Waals surface area contributed by atoms with Gasteiger partial charge in [0.2, 0.25) is 0 Å². The molecule has 0 unspecified atom stereocenters. The zero-order valence-electron chi connectivity index (χ0n) is 32.3. The number of pyridine rings is 4. The van der Waals surface area contributed by atoms with Gasteiger partial charge in [0.15, 0.2) is 0 Å². The van der Waals surface area contributed by atoms with Crippen LogP contribution in [-0.2, 0) is 0 Å². The lowest BCUT2D eigenvalue weighted by Gasteiger charge is -2.20. The fourth-order valence-corrected chi connectivity index (χ4v) is 8.04. The van der Waals surface area contributed by atoms with E-state index < -0.39 is 0 Å².